The predicted octanol–water partition coefficient (Wildman–Crippen LogP) is 4.28. The fourth-order valence-electron chi connectivity index (χ4n) is 5.32. The number of nitrogens with one attached hydrogen (secondary N) is 4. The number of primary amides is 1. The molecule has 0 aliphatic carbocycles. The van der Waals surface area contributed by atoms with Gasteiger partial charge in [0.15, 0.2) is 0 Å². The molecule has 0 saturated carbocycles. The van der Waals surface area contributed by atoms with Gasteiger partial charge in [-0.1, -0.05) is 60.1 Å². The summed E-state index contributed by atoms with van der Waals surface area (Å²) in [4.78, 5) is 64.4. The summed E-state index contributed by atoms with van der Waals surface area (Å²) in [5.41, 5.74) is 4.32. The van der Waals surface area contributed by atoms with E-state index in [-0.39, 0.29) is 50.1 Å². The van der Waals surface area contributed by atoms with Gasteiger partial charge in [-0.05, 0) is 70.1 Å². The highest BCUT2D eigenvalue weighted by Crippen LogP contribution is 2.49. The van der Waals surface area contributed by atoms with Crippen molar-refractivity contribution in [3.05, 3.63) is 29.8 Å². The van der Waals surface area contributed by atoms with Crippen molar-refractivity contribution < 1.29 is 47.2 Å². The summed E-state index contributed by atoms with van der Waals surface area (Å²) in [6, 6.07) is 1.83. The highest BCUT2D eigenvalue weighted by Gasteiger charge is 2.37. The molecular formula is C34H58N5O10P. The highest BCUT2D eigenvalue weighted by atomic mass is 31.2. The lowest BCUT2D eigenvalue weighted by Crippen LogP contribution is -2.60. The summed E-state index contributed by atoms with van der Waals surface area (Å²) in [6.07, 6.45) is 0.850. The number of phosphoric acid groups is 1. The molecule has 7 N–H and O–H groups in total. The molecule has 5 amide bonds. The molecule has 16 heteroatoms. The monoisotopic (exact) mass is 727 g/mol. The molecule has 1 aromatic carbocycles. The first kappa shape index (κ1) is 44.3. The van der Waals surface area contributed by atoms with Crippen molar-refractivity contribution in [2.45, 2.75) is 119 Å². The highest BCUT2D eigenvalue weighted by molar-refractivity contribution is 7.48. The number of carboxylic acids is 1. The van der Waals surface area contributed by atoms with Gasteiger partial charge in [-0.25, -0.2) is 14.2 Å². The van der Waals surface area contributed by atoms with Gasteiger partial charge in [0.1, 0.15) is 23.9 Å². The molecule has 284 valence electrons. The van der Waals surface area contributed by atoms with Crippen LogP contribution in [0.25, 0.3) is 0 Å². The van der Waals surface area contributed by atoms with E-state index < -0.39 is 66.6 Å². The number of carbonyl (C=O) groups excluding carboxylic acids is 4. The lowest BCUT2D eigenvalue weighted by atomic mass is 9.79. The molecule has 0 aliphatic rings. The molecule has 0 heterocycles. The average Bonchev–Trinajstić information content (AvgIpc) is 2.98. The summed E-state index contributed by atoms with van der Waals surface area (Å²) in [5.74, 6) is -3.11. The Hall–Kier alpha value is -3.68. The summed E-state index contributed by atoms with van der Waals surface area (Å²) in [5, 5.41) is 20.4. The second-order valence-corrected chi connectivity index (χ2v) is 15.7. The van der Waals surface area contributed by atoms with Gasteiger partial charge in [0.25, 0.3) is 0 Å². The lowest BCUT2D eigenvalue weighted by molar-refractivity contribution is -0.139. The Labute approximate surface area is 296 Å². The third-order valence-electron chi connectivity index (χ3n) is 7.89. The molecule has 0 bridgehead atoms. The Morgan fingerprint density at radius 3 is 1.86 bits per heavy atom. The molecular weight excluding hydrogens is 669 g/mol. The van der Waals surface area contributed by atoms with Crippen LogP contribution in [0.5, 0.6) is 5.75 Å². The van der Waals surface area contributed by atoms with E-state index in [1.807, 2.05) is 20.8 Å². The standard InChI is InChI=1S/C34H58N5O10P/c1-11-22(6)27(29(41)39-34(9,10)20-33(7,8)31(35)44)38-28(40)25(36-32(45)37-26(30(42)43)18-21(4)5)19-23-14-16-24(17-15-23)49-50(46,47-12-2)48-13-3/h14-17,21-22,25-27H,11-13,18-20H2,1-10H3,(H2,35,44)(H,38,40)(H,39,41)(H,42,43)(H2,36,37,45). The number of hydrogen-bond donors (Lipinski definition) is 6. The van der Waals surface area contributed by atoms with Gasteiger partial charge in [-0.15, -0.1) is 0 Å². The number of nitrogens with two attached hydrogens (primary N) is 1. The molecule has 1 rings (SSSR count). The van der Waals surface area contributed by atoms with Crippen molar-refractivity contribution in [3.63, 3.8) is 0 Å². The Morgan fingerprint density at radius 2 is 1.40 bits per heavy atom. The Bertz CT molecular complexity index is 1340. The summed E-state index contributed by atoms with van der Waals surface area (Å²) in [7, 11) is -3.86. The molecule has 4 atom stereocenters. The normalized spacial score (nSPS) is 14.5. The fourth-order valence-corrected chi connectivity index (χ4v) is 6.51. The van der Waals surface area contributed by atoms with Gasteiger partial charge in [-0.2, -0.15) is 0 Å². The maximum Gasteiger partial charge on any atom is 0.530 e. The van der Waals surface area contributed by atoms with E-state index in [1.165, 1.54) is 12.1 Å². The maximum absolute atomic E-state index is 13.9. The van der Waals surface area contributed by atoms with E-state index in [0.29, 0.717) is 12.0 Å². The van der Waals surface area contributed by atoms with Crippen molar-refractivity contribution >= 4 is 37.5 Å². The Balaban J connectivity index is 3.38. The number of urea groups is 1. The second kappa shape index (κ2) is 19.6. The van der Waals surface area contributed by atoms with Crippen LogP contribution in [0.1, 0.15) is 94.1 Å². The third kappa shape index (κ3) is 15.1. The van der Waals surface area contributed by atoms with Crippen LogP contribution in [0.2, 0.25) is 0 Å². The zero-order chi connectivity index (χ0) is 38.4. The van der Waals surface area contributed by atoms with Gasteiger partial charge in [0.05, 0.1) is 13.2 Å². The van der Waals surface area contributed by atoms with Crippen molar-refractivity contribution in [1.82, 2.24) is 21.3 Å². The quantitative estimate of drug-likeness (QED) is 0.0930. The van der Waals surface area contributed by atoms with Gasteiger partial charge in [0, 0.05) is 17.4 Å². The minimum atomic E-state index is -3.86. The van der Waals surface area contributed by atoms with E-state index in [9.17, 15) is 33.6 Å². The third-order valence-corrected chi connectivity index (χ3v) is 9.48. The summed E-state index contributed by atoms with van der Waals surface area (Å²) < 4.78 is 28.6. The van der Waals surface area contributed by atoms with Crippen LogP contribution in [-0.2, 0) is 39.2 Å². The molecule has 0 aliphatic heterocycles. The van der Waals surface area contributed by atoms with Crippen LogP contribution in [0.3, 0.4) is 0 Å². The number of carbonyl (C=O) groups is 5. The molecule has 0 aromatic heterocycles. The number of rotatable bonds is 22. The molecule has 1 aromatic rings. The van der Waals surface area contributed by atoms with E-state index in [2.05, 4.69) is 21.3 Å². The smallest absolute Gasteiger partial charge is 0.480 e. The van der Waals surface area contributed by atoms with E-state index in [4.69, 9.17) is 19.3 Å². The zero-order valence-electron chi connectivity index (χ0n) is 31.1. The second-order valence-electron chi connectivity index (χ2n) is 14.1. The van der Waals surface area contributed by atoms with Crippen LogP contribution in [0.15, 0.2) is 24.3 Å². The first-order chi connectivity index (χ1) is 23.1. The number of aliphatic carboxylic acids is 1. The zero-order valence-corrected chi connectivity index (χ0v) is 32.0. The van der Waals surface area contributed by atoms with Gasteiger partial charge >= 0.3 is 19.8 Å². The van der Waals surface area contributed by atoms with Crippen LogP contribution in [-0.4, -0.2) is 71.7 Å². The van der Waals surface area contributed by atoms with E-state index in [0.717, 1.165) is 0 Å². The van der Waals surface area contributed by atoms with Crippen molar-refractivity contribution in [2.24, 2.45) is 23.0 Å². The van der Waals surface area contributed by atoms with Crippen LogP contribution in [0, 0.1) is 17.3 Å². The van der Waals surface area contributed by atoms with Gasteiger partial charge in [-0.3, -0.25) is 23.4 Å². The van der Waals surface area contributed by atoms with Gasteiger partial charge < -0.3 is 36.6 Å². The molecule has 0 spiro atoms. The fraction of sp³-hybridized carbons (Fsp3) is 0.676. The molecule has 0 fully saturated rings. The molecule has 4 unspecified atom stereocenters. The largest absolute Gasteiger partial charge is 0.530 e. The van der Waals surface area contributed by atoms with E-state index >= 15 is 0 Å². The van der Waals surface area contributed by atoms with Crippen molar-refractivity contribution in [2.75, 3.05) is 13.2 Å². The summed E-state index contributed by atoms with van der Waals surface area (Å²) >= 11 is 0. The number of carboxylic acid groups (broad SMARTS) is 1. The predicted molar refractivity (Wildman–Crippen MR) is 189 cm³/mol. The van der Waals surface area contributed by atoms with Gasteiger partial charge in [0.2, 0.25) is 17.7 Å². The average molecular weight is 728 g/mol. The van der Waals surface area contributed by atoms with Crippen LogP contribution < -0.4 is 31.5 Å². The molecule has 0 radical (unpaired) electrons. The number of benzene rings is 1. The maximum atomic E-state index is 13.9. The van der Waals surface area contributed by atoms with E-state index in [1.54, 1.807) is 60.6 Å². The minimum Gasteiger partial charge on any atom is -0.480 e. The molecule has 0 saturated heterocycles. The topological polar surface area (TPSA) is 224 Å². The number of phosphoric ester groups is 1. The first-order valence-electron chi connectivity index (χ1n) is 17.0. The van der Waals surface area contributed by atoms with Crippen LogP contribution in [0.4, 0.5) is 4.79 Å². The Kier molecular flexibility index (Phi) is 17.4. The minimum absolute atomic E-state index is 0.0374. The molecule has 15 nitrogen and oxygen atoms in total. The molecule has 50 heavy (non-hydrogen) atoms. The van der Waals surface area contributed by atoms with Crippen molar-refractivity contribution in [1.29, 1.82) is 0 Å². The Morgan fingerprint density at radius 1 is 0.860 bits per heavy atom. The van der Waals surface area contributed by atoms with Crippen LogP contribution >= 0.6 is 7.82 Å². The lowest BCUT2D eigenvalue weighted by Gasteiger charge is -2.36. The number of hydrogen-bond acceptors (Lipinski definition) is 9. The SMILES string of the molecule is CCOP(=O)(OCC)Oc1ccc(CC(NC(=O)NC(CC(C)C)C(=O)O)C(=O)NC(C(=O)NC(C)(C)CC(C)(C)C(N)=O)C(C)CC)cc1. The summed E-state index contributed by atoms with van der Waals surface area (Å²) in [6.45, 7) is 17.7. The number of amides is 5. The van der Waals surface area contributed by atoms with Crippen molar-refractivity contribution in [3.8, 4) is 5.75 Å². The first-order valence-corrected chi connectivity index (χ1v) is 18.4.